The average molecular weight is 256 g/mol. The number of allylic oxidation sites excluding steroid dienone is 1. The minimum absolute atomic E-state index is 0.0554. The van der Waals surface area contributed by atoms with Crippen LogP contribution in [0.15, 0.2) is 35.1 Å². The van der Waals surface area contributed by atoms with E-state index in [9.17, 15) is 4.79 Å². The number of rotatable bonds is 1. The SMILES string of the molecule is CC.Cc1cc(=O)[nH]n1-c1ccc2c(c1)CCC=C2. The largest absolute Gasteiger partial charge is 0.268 e. The molecule has 0 bridgehead atoms. The number of H-pyrrole nitrogens is 1. The summed E-state index contributed by atoms with van der Waals surface area (Å²) in [7, 11) is 0. The lowest BCUT2D eigenvalue weighted by atomic mass is 9.97. The molecule has 0 amide bonds. The molecule has 19 heavy (non-hydrogen) atoms. The minimum Gasteiger partial charge on any atom is -0.268 e. The summed E-state index contributed by atoms with van der Waals surface area (Å²) in [5.41, 5.74) is 4.53. The van der Waals surface area contributed by atoms with Crippen LogP contribution in [0.3, 0.4) is 0 Å². The van der Waals surface area contributed by atoms with E-state index in [2.05, 4.69) is 29.4 Å². The van der Waals surface area contributed by atoms with Crippen LogP contribution in [0.5, 0.6) is 0 Å². The van der Waals surface area contributed by atoms with Gasteiger partial charge in [0.1, 0.15) is 0 Å². The van der Waals surface area contributed by atoms with Crippen molar-refractivity contribution in [1.29, 1.82) is 0 Å². The summed E-state index contributed by atoms with van der Waals surface area (Å²) in [6.45, 7) is 5.93. The van der Waals surface area contributed by atoms with Gasteiger partial charge in [-0.05, 0) is 43.0 Å². The molecule has 0 spiro atoms. The van der Waals surface area contributed by atoms with Crippen LogP contribution in [0, 0.1) is 6.92 Å². The lowest BCUT2D eigenvalue weighted by Crippen LogP contribution is -2.05. The second-order valence-corrected chi connectivity index (χ2v) is 4.42. The van der Waals surface area contributed by atoms with Crippen molar-refractivity contribution in [2.45, 2.75) is 33.6 Å². The predicted molar refractivity (Wildman–Crippen MR) is 79.8 cm³/mol. The Kier molecular flexibility index (Phi) is 4.05. The first-order valence-electron chi connectivity index (χ1n) is 6.82. The third kappa shape index (κ3) is 2.70. The van der Waals surface area contributed by atoms with Crippen molar-refractivity contribution in [3.8, 4) is 5.69 Å². The van der Waals surface area contributed by atoms with Gasteiger partial charge in [-0.25, -0.2) is 0 Å². The third-order valence-corrected chi connectivity index (χ3v) is 3.18. The fourth-order valence-electron chi connectivity index (χ4n) is 2.31. The van der Waals surface area contributed by atoms with Crippen molar-refractivity contribution in [2.24, 2.45) is 0 Å². The molecular weight excluding hydrogens is 236 g/mol. The highest BCUT2D eigenvalue weighted by Crippen LogP contribution is 2.22. The van der Waals surface area contributed by atoms with E-state index >= 15 is 0 Å². The maximum Gasteiger partial charge on any atom is 0.264 e. The van der Waals surface area contributed by atoms with Crippen LogP contribution in [0.4, 0.5) is 0 Å². The summed E-state index contributed by atoms with van der Waals surface area (Å²) in [4.78, 5) is 11.3. The Morgan fingerprint density at radius 2 is 2.00 bits per heavy atom. The lowest BCUT2D eigenvalue weighted by Gasteiger charge is -2.13. The average Bonchev–Trinajstić information content (AvgIpc) is 2.79. The van der Waals surface area contributed by atoms with E-state index in [4.69, 9.17) is 0 Å². The second-order valence-electron chi connectivity index (χ2n) is 4.42. The standard InChI is InChI=1S/C14H14N2O.C2H6/c1-10-8-14(17)15-16(10)13-7-6-11-4-2-3-5-12(11)9-13;1-2/h2,4,6-9H,3,5H2,1H3,(H,15,17);1-2H3. The first-order valence-corrected chi connectivity index (χ1v) is 6.82. The Hall–Kier alpha value is -2.03. The first kappa shape index (κ1) is 13.4. The molecule has 0 atom stereocenters. The number of aryl methyl sites for hydroxylation is 2. The molecule has 1 aliphatic rings. The van der Waals surface area contributed by atoms with Gasteiger partial charge >= 0.3 is 0 Å². The van der Waals surface area contributed by atoms with Crippen molar-refractivity contribution in [1.82, 2.24) is 9.78 Å². The van der Waals surface area contributed by atoms with E-state index in [1.807, 2.05) is 31.5 Å². The highest BCUT2D eigenvalue weighted by Gasteiger charge is 2.08. The van der Waals surface area contributed by atoms with Crippen molar-refractivity contribution < 1.29 is 0 Å². The molecule has 0 fully saturated rings. The number of nitrogens with zero attached hydrogens (tertiary/aromatic N) is 1. The molecule has 0 aliphatic heterocycles. The number of aromatic amines is 1. The van der Waals surface area contributed by atoms with Gasteiger partial charge in [0.2, 0.25) is 0 Å². The molecule has 2 aromatic rings. The van der Waals surface area contributed by atoms with Crippen molar-refractivity contribution >= 4 is 6.08 Å². The second kappa shape index (κ2) is 5.74. The van der Waals surface area contributed by atoms with E-state index < -0.39 is 0 Å². The van der Waals surface area contributed by atoms with E-state index in [1.54, 1.807) is 6.07 Å². The Bertz CT molecular complexity index is 647. The number of fused-ring (bicyclic) bond motifs is 1. The van der Waals surface area contributed by atoms with Gasteiger partial charge in [-0.3, -0.25) is 14.6 Å². The van der Waals surface area contributed by atoms with Gasteiger partial charge in [0.05, 0.1) is 5.69 Å². The van der Waals surface area contributed by atoms with E-state index in [-0.39, 0.29) is 5.56 Å². The molecule has 1 heterocycles. The summed E-state index contributed by atoms with van der Waals surface area (Å²) < 4.78 is 1.83. The molecule has 1 aromatic heterocycles. The van der Waals surface area contributed by atoms with Gasteiger partial charge in [-0.1, -0.05) is 32.1 Å². The molecule has 3 rings (SSSR count). The highest BCUT2D eigenvalue weighted by molar-refractivity contribution is 5.59. The topological polar surface area (TPSA) is 37.8 Å². The summed E-state index contributed by atoms with van der Waals surface area (Å²) in [5, 5.41) is 2.81. The Morgan fingerprint density at radius 3 is 2.68 bits per heavy atom. The quantitative estimate of drug-likeness (QED) is 0.833. The zero-order valence-corrected chi connectivity index (χ0v) is 11.7. The van der Waals surface area contributed by atoms with Crippen LogP contribution >= 0.6 is 0 Å². The van der Waals surface area contributed by atoms with E-state index in [0.29, 0.717) is 0 Å². The van der Waals surface area contributed by atoms with Gasteiger partial charge in [-0.15, -0.1) is 0 Å². The maximum absolute atomic E-state index is 11.3. The molecular formula is C16H20N2O. The zero-order chi connectivity index (χ0) is 13.8. The van der Waals surface area contributed by atoms with Gasteiger partial charge < -0.3 is 0 Å². The van der Waals surface area contributed by atoms with Crippen LogP contribution in [0.2, 0.25) is 0 Å². The molecule has 0 saturated carbocycles. The lowest BCUT2D eigenvalue weighted by molar-refractivity contribution is 0.830. The van der Waals surface area contributed by atoms with Crippen LogP contribution in [0.25, 0.3) is 11.8 Å². The monoisotopic (exact) mass is 256 g/mol. The number of hydrogen-bond acceptors (Lipinski definition) is 1. The third-order valence-electron chi connectivity index (χ3n) is 3.18. The molecule has 3 heteroatoms. The maximum atomic E-state index is 11.3. The summed E-state index contributed by atoms with van der Waals surface area (Å²) >= 11 is 0. The van der Waals surface area contributed by atoms with Crippen molar-refractivity contribution in [3.05, 3.63) is 57.5 Å². The number of aromatic nitrogens is 2. The van der Waals surface area contributed by atoms with Crippen LogP contribution in [-0.4, -0.2) is 9.78 Å². The summed E-state index contributed by atoms with van der Waals surface area (Å²) in [6.07, 6.45) is 6.53. The minimum atomic E-state index is -0.0554. The number of nitrogens with one attached hydrogen (secondary N) is 1. The van der Waals surface area contributed by atoms with Crippen LogP contribution in [0.1, 0.15) is 37.1 Å². The van der Waals surface area contributed by atoms with Crippen LogP contribution < -0.4 is 5.56 Å². The molecule has 0 saturated heterocycles. The molecule has 1 aliphatic carbocycles. The highest BCUT2D eigenvalue weighted by atomic mass is 16.1. The molecule has 3 nitrogen and oxygen atoms in total. The zero-order valence-electron chi connectivity index (χ0n) is 11.7. The summed E-state index contributed by atoms with van der Waals surface area (Å²) in [6, 6.07) is 7.91. The fourth-order valence-corrected chi connectivity index (χ4v) is 2.31. The van der Waals surface area contributed by atoms with Crippen molar-refractivity contribution in [2.75, 3.05) is 0 Å². The molecule has 0 radical (unpaired) electrons. The molecule has 100 valence electrons. The van der Waals surface area contributed by atoms with Gasteiger partial charge in [-0.2, -0.15) is 0 Å². The molecule has 1 aromatic carbocycles. The Morgan fingerprint density at radius 1 is 1.21 bits per heavy atom. The fraction of sp³-hybridized carbons (Fsp3) is 0.312. The van der Waals surface area contributed by atoms with Gasteiger partial charge in [0.25, 0.3) is 5.56 Å². The Balaban J connectivity index is 0.000000637. The van der Waals surface area contributed by atoms with Gasteiger partial charge in [0.15, 0.2) is 0 Å². The first-order chi connectivity index (χ1) is 9.24. The molecule has 1 N–H and O–H groups in total. The van der Waals surface area contributed by atoms with Gasteiger partial charge in [0, 0.05) is 11.8 Å². The van der Waals surface area contributed by atoms with Crippen molar-refractivity contribution in [3.63, 3.8) is 0 Å². The Labute approximate surface area is 113 Å². The summed E-state index contributed by atoms with van der Waals surface area (Å²) in [5.74, 6) is 0. The number of benzene rings is 1. The van der Waals surface area contributed by atoms with E-state index in [0.717, 1.165) is 24.2 Å². The smallest absolute Gasteiger partial charge is 0.264 e. The number of hydrogen-bond donors (Lipinski definition) is 1. The molecule has 0 unspecified atom stereocenters. The van der Waals surface area contributed by atoms with E-state index in [1.165, 1.54) is 11.1 Å². The normalized spacial score (nSPS) is 12.6. The van der Waals surface area contributed by atoms with Crippen LogP contribution in [-0.2, 0) is 6.42 Å². The predicted octanol–water partition coefficient (Wildman–Crippen LogP) is 3.46.